The van der Waals surface area contributed by atoms with Gasteiger partial charge in [0.25, 0.3) is 5.91 Å². The Kier molecular flexibility index (Phi) is 9.71. The van der Waals surface area contributed by atoms with Crippen LogP contribution in [0.5, 0.6) is 5.75 Å². The zero-order chi connectivity index (χ0) is 29.7. The largest absolute Gasteiger partial charge is 0.494 e. The van der Waals surface area contributed by atoms with E-state index in [1.807, 2.05) is 13.1 Å². The van der Waals surface area contributed by atoms with Crippen LogP contribution in [0.2, 0.25) is 0 Å². The van der Waals surface area contributed by atoms with Gasteiger partial charge in [-0.3, -0.25) is 14.4 Å². The minimum Gasteiger partial charge on any atom is -0.494 e. The van der Waals surface area contributed by atoms with Gasteiger partial charge in [-0.1, -0.05) is 43.9 Å². The van der Waals surface area contributed by atoms with E-state index in [2.05, 4.69) is 50.0 Å². The number of carbonyl (C=O) groups excluding carboxylic acids is 3. The Morgan fingerprint density at radius 2 is 1.83 bits per heavy atom. The third kappa shape index (κ3) is 6.43. The fourth-order valence-electron chi connectivity index (χ4n) is 7.94. The van der Waals surface area contributed by atoms with Crippen molar-refractivity contribution in [3.05, 3.63) is 52.6 Å². The summed E-state index contributed by atoms with van der Waals surface area (Å²) in [5.74, 6) is 8.37. The van der Waals surface area contributed by atoms with Crippen LogP contribution in [-0.2, 0) is 14.4 Å². The number of hydrogen-bond donors (Lipinski definition) is 0. The van der Waals surface area contributed by atoms with Crippen molar-refractivity contribution in [2.45, 2.75) is 103 Å². The Hall–Kier alpha value is -3.13. The highest BCUT2D eigenvalue weighted by molar-refractivity contribution is 5.93. The molecule has 2 unspecified atom stereocenters. The van der Waals surface area contributed by atoms with Gasteiger partial charge in [0.15, 0.2) is 5.78 Å². The van der Waals surface area contributed by atoms with E-state index in [4.69, 9.17) is 4.74 Å². The molecule has 0 aromatic heterocycles. The van der Waals surface area contributed by atoms with Crippen molar-refractivity contribution in [1.82, 2.24) is 4.90 Å². The minimum absolute atomic E-state index is 0.0889. The number of amides is 1. The standard InChI is InChI=1S/C37H47NO4/c1-4-5-22-38(3)35(41)11-9-7-6-8-10-23-42-29-16-12-26(13-17-29)32-25-37(2)33(20-21-34(37)40)31-18-14-27-24-28(39)15-19-30(27)36(31)32/h12-13,16-17,24,31-33H,4-8,10,14-15,18-23,25H2,1-3H3/t31?,32-,33?,37+/m1/s1. The predicted octanol–water partition coefficient (Wildman–Crippen LogP) is 7.36. The van der Waals surface area contributed by atoms with Gasteiger partial charge in [0.2, 0.25) is 0 Å². The van der Waals surface area contributed by atoms with Crippen molar-refractivity contribution >= 4 is 17.5 Å². The second-order valence-corrected chi connectivity index (χ2v) is 13.1. The number of rotatable bonds is 10. The normalized spacial score (nSPS) is 26.5. The van der Waals surface area contributed by atoms with Crippen molar-refractivity contribution in [3.8, 4) is 17.6 Å². The SMILES string of the molecule is CCCCN(C)C(=O)C#CCCCCCOc1ccc([C@H]2C[C@]3(C)C(=O)CCC3C3CCC4=CC(=O)CCC4=C32)cc1. The summed E-state index contributed by atoms with van der Waals surface area (Å²) in [5, 5.41) is 0. The van der Waals surface area contributed by atoms with E-state index < -0.39 is 0 Å². The van der Waals surface area contributed by atoms with Gasteiger partial charge in [0.1, 0.15) is 11.5 Å². The van der Waals surface area contributed by atoms with Gasteiger partial charge < -0.3 is 9.64 Å². The number of carbonyl (C=O) groups is 3. The molecule has 42 heavy (non-hydrogen) atoms. The monoisotopic (exact) mass is 569 g/mol. The summed E-state index contributed by atoms with van der Waals surface area (Å²) in [6.45, 7) is 5.77. The molecule has 1 aromatic rings. The molecule has 0 spiro atoms. The van der Waals surface area contributed by atoms with E-state index in [9.17, 15) is 14.4 Å². The van der Waals surface area contributed by atoms with Crippen LogP contribution >= 0.6 is 0 Å². The van der Waals surface area contributed by atoms with Crippen LogP contribution in [0.3, 0.4) is 0 Å². The number of benzene rings is 1. The zero-order valence-electron chi connectivity index (χ0n) is 25.8. The molecule has 0 radical (unpaired) electrons. The molecule has 224 valence electrons. The molecule has 0 saturated heterocycles. The van der Waals surface area contributed by atoms with Gasteiger partial charge in [0, 0.05) is 44.2 Å². The Morgan fingerprint density at radius 3 is 2.62 bits per heavy atom. The molecular weight excluding hydrogens is 522 g/mol. The Labute approximate surface area is 252 Å². The van der Waals surface area contributed by atoms with Crippen LogP contribution in [0.25, 0.3) is 0 Å². The highest BCUT2D eigenvalue weighted by Crippen LogP contribution is 2.62. The lowest BCUT2D eigenvalue weighted by Crippen LogP contribution is -2.43. The summed E-state index contributed by atoms with van der Waals surface area (Å²) in [5.41, 5.74) is 5.23. The molecule has 2 fully saturated rings. The highest BCUT2D eigenvalue weighted by atomic mass is 16.5. The van der Waals surface area contributed by atoms with Crippen molar-refractivity contribution in [2.24, 2.45) is 17.3 Å². The summed E-state index contributed by atoms with van der Waals surface area (Å²) in [7, 11) is 1.81. The first-order valence-corrected chi connectivity index (χ1v) is 16.3. The topological polar surface area (TPSA) is 63.7 Å². The first kappa shape index (κ1) is 30.3. The molecule has 4 aliphatic rings. The Morgan fingerprint density at radius 1 is 1.02 bits per heavy atom. The fourth-order valence-corrected chi connectivity index (χ4v) is 7.94. The molecule has 5 heteroatoms. The molecule has 0 bridgehead atoms. The molecule has 5 rings (SSSR count). The minimum atomic E-state index is -0.247. The maximum Gasteiger partial charge on any atom is 0.298 e. The summed E-state index contributed by atoms with van der Waals surface area (Å²) in [4.78, 5) is 39.1. The fraction of sp³-hybridized carbons (Fsp3) is 0.595. The number of Topliss-reactive ketones (excluding diaryl/α,β-unsaturated/α-hetero) is 1. The van der Waals surface area contributed by atoms with Gasteiger partial charge in [0.05, 0.1) is 6.61 Å². The molecule has 0 heterocycles. The van der Waals surface area contributed by atoms with Crippen molar-refractivity contribution in [1.29, 1.82) is 0 Å². The maximum absolute atomic E-state index is 13.2. The molecule has 0 aliphatic heterocycles. The lowest BCUT2D eigenvalue weighted by atomic mass is 9.53. The average Bonchev–Trinajstić information content (AvgIpc) is 3.30. The van der Waals surface area contributed by atoms with Gasteiger partial charge in [-0.2, -0.15) is 0 Å². The number of fused-ring (bicyclic) bond motifs is 4. The maximum atomic E-state index is 13.2. The van der Waals surface area contributed by atoms with Crippen molar-refractivity contribution < 1.29 is 19.1 Å². The third-order valence-corrected chi connectivity index (χ3v) is 10.3. The summed E-state index contributed by atoms with van der Waals surface area (Å²) >= 11 is 0. The van der Waals surface area contributed by atoms with Crippen molar-refractivity contribution in [3.63, 3.8) is 0 Å². The number of ether oxygens (including phenoxy) is 1. The first-order chi connectivity index (χ1) is 20.3. The number of hydrogen-bond acceptors (Lipinski definition) is 4. The molecule has 4 aliphatic carbocycles. The van der Waals surface area contributed by atoms with Crippen LogP contribution in [0.15, 0.2) is 47.1 Å². The second kappa shape index (κ2) is 13.4. The summed E-state index contributed by atoms with van der Waals surface area (Å²) in [6.07, 6.45) is 13.7. The molecule has 2 saturated carbocycles. The highest BCUT2D eigenvalue weighted by Gasteiger charge is 2.56. The van der Waals surface area contributed by atoms with Crippen LogP contribution in [0.1, 0.15) is 109 Å². The van der Waals surface area contributed by atoms with Gasteiger partial charge in [-0.15, -0.1) is 0 Å². The van der Waals surface area contributed by atoms with E-state index in [1.165, 1.54) is 22.3 Å². The number of ketones is 2. The van der Waals surface area contributed by atoms with E-state index in [0.29, 0.717) is 37.1 Å². The molecule has 5 nitrogen and oxygen atoms in total. The molecule has 4 atom stereocenters. The zero-order valence-corrected chi connectivity index (χ0v) is 25.8. The number of allylic oxidation sites excluding steroid dienone is 4. The van der Waals surface area contributed by atoms with Crippen LogP contribution in [0.4, 0.5) is 0 Å². The van der Waals surface area contributed by atoms with Crippen LogP contribution < -0.4 is 4.74 Å². The van der Waals surface area contributed by atoms with E-state index in [0.717, 1.165) is 82.9 Å². The summed E-state index contributed by atoms with van der Waals surface area (Å²) in [6, 6.07) is 8.56. The lowest BCUT2D eigenvalue weighted by Gasteiger charge is -2.50. The molecule has 0 N–H and O–H groups in total. The van der Waals surface area contributed by atoms with Crippen molar-refractivity contribution in [2.75, 3.05) is 20.2 Å². The second-order valence-electron chi connectivity index (χ2n) is 13.1. The van der Waals surface area contributed by atoms with E-state index in [-0.39, 0.29) is 23.0 Å². The van der Waals surface area contributed by atoms with E-state index in [1.54, 1.807) is 4.90 Å². The van der Waals surface area contributed by atoms with Gasteiger partial charge in [-0.05, 0) is 110 Å². The summed E-state index contributed by atoms with van der Waals surface area (Å²) < 4.78 is 6.06. The number of unbranched alkanes of at least 4 members (excludes halogenated alkanes) is 4. The molecule has 1 amide bonds. The van der Waals surface area contributed by atoms with Gasteiger partial charge in [-0.25, -0.2) is 0 Å². The first-order valence-electron chi connectivity index (χ1n) is 16.3. The van der Waals surface area contributed by atoms with Crippen LogP contribution in [0, 0.1) is 29.1 Å². The smallest absolute Gasteiger partial charge is 0.298 e. The third-order valence-electron chi connectivity index (χ3n) is 10.3. The quantitative estimate of drug-likeness (QED) is 0.218. The predicted molar refractivity (Wildman–Crippen MR) is 166 cm³/mol. The average molecular weight is 570 g/mol. The van der Waals surface area contributed by atoms with E-state index >= 15 is 0 Å². The Bertz CT molecular complexity index is 1310. The van der Waals surface area contributed by atoms with Crippen LogP contribution in [-0.4, -0.2) is 42.6 Å². The van der Waals surface area contributed by atoms with Gasteiger partial charge >= 0.3 is 0 Å². The molecular formula is C37H47NO4. The lowest BCUT2D eigenvalue weighted by molar-refractivity contribution is -0.128. The molecule has 1 aromatic carbocycles. The number of nitrogens with zero attached hydrogens (tertiary/aromatic N) is 1. The Balaban J connectivity index is 1.18.